The van der Waals surface area contributed by atoms with Crippen LogP contribution in [-0.4, -0.2) is 37.2 Å². The molecule has 35 heavy (non-hydrogen) atoms. The molecule has 0 heterocycles. The minimum atomic E-state index is -0.385. The lowest BCUT2D eigenvalue weighted by atomic mass is 10.0. The molecule has 0 bridgehead atoms. The van der Waals surface area contributed by atoms with Gasteiger partial charge in [0.15, 0.2) is 0 Å². The summed E-state index contributed by atoms with van der Waals surface area (Å²) < 4.78 is 11.1. The smallest absolute Gasteiger partial charge is 0.255 e. The molecule has 7 heteroatoms. The highest BCUT2D eigenvalue weighted by Crippen LogP contribution is 2.32. The van der Waals surface area contributed by atoms with Crippen molar-refractivity contribution >= 4 is 11.8 Å². The van der Waals surface area contributed by atoms with Crippen molar-refractivity contribution in [2.24, 2.45) is 0 Å². The van der Waals surface area contributed by atoms with Crippen molar-refractivity contribution in [1.29, 1.82) is 0 Å². The fourth-order valence-corrected chi connectivity index (χ4v) is 3.74. The summed E-state index contributed by atoms with van der Waals surface area (Å²) in [6.07, 6.45) is 1.01. The largest absolute Gasteiger partial charge is 0.507 e. The molecule has 0 spiro atoms. The van der Waals surface area contributed by atoms with Crippen LogP contribution in [0.4, 0.5) is 0 Å². The van der Waals surface area contributed by atoms with Gasteiger partial charge in [0.25, 0.3) is 5.91 Å². The Morgan fingerprint density at radius 3 is 2.31 bits per heavy atom. The molecule has 0 fully saturated rings. The van der Waals surface area contributed by atoms with Crippen LogP contribution in [0.2, 0.25) is 0 Å². The van der Waals surface area contributed by atoms with Gasteiger partial charge in [0.1, 0.15) is 17.2 Å². The summed E-state index contributed by atoms with van der Waals surface area (Å²) in [4.78, 5) is 24.6. The first-order valence-electron chi connectivity index (χ1n) is 11.6. The Hall–Kier alpha value is -3.84. The molecule has 3 aromatic carbocycles. The van der Waals surface area contributed by atoms with Crippen molar-refractivity contribution in [2.75, 3.05) is 20.3 Å². The van der Waals surface area contributed by atoms with Gasteiger partial charge in [-0.1, -0.05) is 42.5 Å². The molecule has 184 valence electrons. The number of aryl methyl sites for hydroxylation is 3. The first kappa shape index (κ1) is 25.8. The van der Waals surface area contributed by atoms with Crippen molar-refractivity contribution in [3.63, 3.8) is 0 Å². The second-order valence-electron chi connectivity index (χ2n) is 8.35. The van der Waals surface area contributed by atoms with Gasteiger partial charge >= 0.3 is 0 Å². The van der Waals surface area contributed by atoms with Crippen LogP contribution in [0.15, 0.2) is 60.7 Å². The molecule has 0 atom stereocenters. The quantitative estimate of drug-likeness (QED) is 0.356. The van der Waals surface area contributed by atoms with Crippen LogP contribution in [0.5, 0.6) is 17.2 Å². The lowest BCUT2D eigenvalue weighted by Gasteiger charge is -2.15. The van der Waals surface area contributed by atoms with Gasteiger partial charge in [-0.05, 0) is 60.7 Å². The molecule has 0 aromatic heterocycles. The van der Waals surface area contributed by atoms with E-state index in [9.17, 15) is 14.7 Å². The molecule has 0 unspecified atom stereocenters. The van der Waals surface area contributed by atoms with Gasteiger partial charge in [-0.3, -0.25) is 9.59 Å². The van der Waals surface area contributed by atoms with Gasteiger partial charge in [-0.15, -0.1) is 0 Å². The van der Waals surface area contributed by atoms with Crippen molar-refractivity contribution in [3.8, 4) is 17.2 Å². The summed E-state index contributed by atoms with van der Waals surface area (Å²) in [5.74, 6) is 0.614. The zero-order valence-corrected chi connectivity index (χ0v) is 20.4. The van der Waals surface area contributed by atoms with Gasteiger partial charge in [-0.25, -0.2) is 0 Å². The number of carbonyl (C=O) groups excluding carboxylic acids is 2. The summed E-state index contributed by atoms with van der Waals surface area (Å²) in [6.45, 7) is 5.23. The van der Waals surface area contributed by atoms with Crippen LogP contribution in [0, 0.1) is 13.8 Å². The highest BCUT2D eigenvalue weighted by atomic mass is 16.5. The molecule has 0 radical (unpaired) electrons. The molecular formula is C28H32N2O5. The van der Waals surface area contributed by atoms with Crippen molar-refractivity contribution in [2.45, 2.75) is 33.2 Å². The number of nitrogens with one attached hydrogen (secondary N) is 2. The minimum Gasteiger partial charge on any atom is -0.507 e. The summed E-state index contributed by atoms with van der Waals surface area (Å²) >= 11 is 0. The van der Waals surface area contributed by atoms with Crippen molar-refractivity contribution < 1.29 is 24.2 Å². The van der Waals surface area contributed by atoms with E-state index in [4.69, 9.17) is 9.47 Å². The minimum absolute atomic E-state index is 0.0140. The molecular weight excluding hydrogens is 444 g/mol. The van der Waals surface area contributed by atoms with Gasteiger partial charge in [0.05, 0.1) is 12.2 Å². The molecule has 0 aliphatic rings. The van der Waals surface area contributed by atoms with E-state index in [0.717, 1.165) is 22.3 Å². The lowest BCUT2D eigenvalue weighted by molar-refractivity contribution is -0.121. The number of aromatic hydroxyl groups is 1. The summed E-state index contributed by atoms with van der Waals surface area (Å²) in [5, 5.41) is 15.9. The number of rotatable bonds is 11. The Labute approximate surface area is 206 Å². The van der Waals surface area contributed by atoms with Gasteiger partial charge < -0.3 is 25.2 Å². The Balaban J connectivity index is 1.66. The number of hydrogen-bond acceptors (Lipinski definition) is 5. The van der Waals surface area contributed by atoms with Crippen LogP contribution in [-0.2, 0) is 22.5 Å². The normalized spacial score (nSPS) is 10.6. The van der Waals surface area contributed by atoms with E-state index >= 15 is 0 Å². The zero-order valence-electron chi connectivity index (χ0n) is 20.4. The summed E-state index contributed by atoms with van der Waals surface area (Å²) in [5.41, 5.74) is 3.99. The maximum atomic E-state index is 12.7. The average Bonchev–Trinajstić information content (AvgIpc) is 2.85. The molecule has 0 saturated carbocycles. The SMILES string of the molecule is COCCNC(=O)CCc1cc(C)c(Oc2ccc(O)c(C(=O)NCc3ccccc3)c2)c(C)c1. The van der Waals surface area contributed by atoms with E-state index in [1.165, 1.54) is 12.1 Å². The Morgan fingerprint density at radius 1 is 0.914 bits per heavy atom. The molecule has 2 amide bonds. The molecule has 3 rings (SSSR count). The van der Waals surface area contributed by atoms with Crippen LogP contribution in [0.25, 0.3) is 0 Å². The number of phenols is 1. The fourth-order valence-electron chi connectivity index (χ4n) is 3.74. The van der Waals surface area contributed by atoms with Crippen LogP contribution >= 0.6 is 0 Å². The summed E-state index contributed by atoms with van der Waals surface area (Å²) in [7, 11) is 1.60. The lowest BCUT2D eigenvalue weighted by Crippen LogP contribution is -2.27. The Bertz CT molecular complexity index is 1140. The monoisotopic (exact) mass is 476 g/mol. The second-order valence-corrected chi connectivity index (χ2v) is 8.35. The number of hydrogen-bond donors (Lipinski definition) is 3. The van der Waals surface area contributed by atoms with E-state index in [1.54, 1.807) is 13.2 Å². The third kappa shape index (κ3) is 7.58. The number of amides is 2. The van der Waals surface area contributed by atoms with Crippen molar-refractivity contribution in [3.05, 3.63) is 88.5 Å². The molecule has 0 saturated heterocycles. The maximum absolute atomic E-state index is 12.7. The molecule has 3 N–H and O–H groups in total. The Morgan fingerprint density at radius 2 is 1.63 bits per heavy atom. The van der Waals surface area contributed by atoms with E-state index < -0.39 is 0 Å². The van der Waals surface area contributed by atoms with Gasteiger partial charge in [0, 0.05) is 26.6 Å². The first-order chi connectivity index (χ1) is 16.9. The third-order valence-electron chi connectivity index (χ3n) is 5.52. The highest BCUT2D eigenvalue weighted by molar-refractivity contribution is 5.97. The van der Waals surface area contributed by atoms with Crippen LogP contribution in [0.1, 0.15) is 39.0 Å². The highest BCUT2D eigenvalue weighted by Gasteiger charge is 2.15. The average molecular weight is 477 g/mol. The van der Waals surface area contributed by atoms with E-state index in [1.807, 2.05) is 56.3 Å². The summed E-state index contributed by atoms with van der Waals surface area (Å²) in [6, 6.07) is 18.2. The van der Waals surface area contributed by atoms with Crippen LogP contribution in [0.3, 0.4) is 0 Å². The first-order valence-corrected chi connectivity index (χ1v) is 11.6. The number of phenolic OH excluding ortho intramolecular Hbond substituents is 1. The Kier molecular flexibility index (Phi) is 9.26. The fraction of sp³-hybridized carbons (Fsp3) is 0.286. The van der Waals surface area contributed by atoms with Gasteiger partial charge in [-0.2, -0.15) is 0 Å². The number of benzene rings is 3. The molecule has 0 aliphatic carbocycles. The molecule has 7 nitrogen and oxygen atoms in total. The molecule has 3 aromatic rings. The van der Waals surface area contributed by atoms with E-state index in [-0.39, 0.29) is 23.1 Å². The number of methoxy groups -OCH3 is 1. The predicted molar refractivity (Wildman–Crippen MR) is 135 cm³/mol. The predicted octanol–water partition coefficient (Wildman–Crippen LogP) is 4.43. The second kappa shape index (κ2) is 12.6. The number of carbonyl (C=O) groups is 2. The topological polar surface area (TPSA) is 96.9 Å². The van der Waals surface area contributed by atoms with E-state index in [2.05, 4.69) is 10.6 Å². The number of ether oxygens (including phenoxy) is 2. The van der Waals surface area contributed by atoms with Crippen molar-refractivity contribution in [1.82, 2.24) is 10.6 Å². The van der Waals surface area contributed by atoms with Gasteiger partial charge in [0.2, 0.25) is 5.91 Å². The molecule has 0 aliphatic heterocycles. The van der Waals surface area contributed by atoms with E-state index in [0.29, 0.717) is 44.0 Å². The maximum Gasteiger partial charge on any atom is 0.255 e. The zero-order chi connectivity index (χ0) is 25.2. The van der Waals surface area contributed by atoms with Crippen LogP contribution < -0.4 is 15.4 Å². The third-order valence-corrected chi connectivity index (χ3v) is 5.52. The standard InChI is InChI=1S/C28H32N2O5/c1-19-15-22(9-12-26(32)29-13-14-34-3)16-20(2)27(19)35-23-10-11-25(31)24(17-23)28(33)30-18-21-7-5-4-6-8-21/h4-8,10-11,15-17,31H,9,12-14,18H2,1-3H3,(H,29,32)(H,30,33).